The Kier molecular flexibility index (Phi) is 6.41. The molecule has 0 unspecified atom stereocenters. The van der Waals surface area contributed by atoms with Crippen molar-refractivity contribution in [3.05, 3.63) is 65.9 Å². The third-order valence-electron chi connectivity index (χ3n) is 3.99. The number of amides is 1. The lowest BCUT2D eigenvalue weighted by atomic mass is 10.1. The van der Waals surface area contributed by atoms with E-state index in [2.05, 4.69) is 10.3 Å². The zero-order valence-corrected chi connectivity index (χ0v) is 16.3. The summed E-state index contributed by atoms with van der Waals surface area (Å²) in [5.41, 5.74) is 2.65. The Hall–Kier alpha value is -2.18. The summed E-state index contributed by atoms with van der Waals surface area (Å²) in [4.78, 5) is 18.2. The maximum Gasteiger partial charge on any atom is 0.252 e. The first-order valence-electron chi connectivity index (χ1n) is 8.22. The molecule has 0 spiro atoms. The Morgan fingerprint density at radius 3 is 2.85 bits per heavy atom. The number of aromatic nitrogens is 1. The van der Waals surface area contributed by atoms with E-state index in [9.17, 15) is 4.79 Å². The van der Waals surface area contributed by atoms with Gasteiger partial charge in [-0.05, 0) is 42.5 Å². The van der Waals surface area contributed by atoms with Crippen molar-refractivity contribution in [3.63, 3.8) is 0 Å². The van der Waals surface area contributed by atoms with Crippen LogP contribution in [-0.4, -0.2) is 30.8 Å². The fourth-order valence-corrected chi connectivity index (χ4v) is 4.24. The second-order valence-corrected chi connectivity index (χ2v) is 8.06. The number of para-hydroxylation sites is 1. The van der Waals surface area contributed by atoms with Crippen LogP contribution < -0.4 is 10.1 Å². The van der Waals surface area contributed by atoms with Gasteiger partial charge in [-0.25, -0.2) is 0 Å². The molecular formula is C20H20N2O2S2. The molecule has 3 rings (SSSR count). The Morgan fingerprint density at radius 2 is 2.04 bits per heavy atom. The Balaban J connectivity index is 1.72. The average molecular weight is 385 g/mol. The molecule has 0 atom stereocenters. The fraction of sp³-hybridized carbons (Fsp3) is 0.200. The van der Waals surface area contributed by atoms with E-state index in [0.29, 0.717) is 12.1 Å². The molecule has 1 N–H and O–H groups in total. The molecule has 0 aliphatic heterocycles. The smallest absolute Gasteiger partial charge is 0.252 e. The molecule has 4 nitrogen and oxygen atoms in total. The summed E-state index contributed by atoms with van der Waals surface area (Å²) in [7, 11) is 4.97. The summed E-state index contributed by atoms with van der Waals surface area (Å²) in [6.07, 6.45) is 4.47. The first-order valence-corrected chi connectivity index (χ1v) is 10.8. The predicted molar refractivity (Wildman–Crippen MR) is 110 cm³/mol. The maximum atomic E-state index is 12.7. The van der Waals surface area contributed by atoms with Crippen LogP contribution in [0.3, 0.4) is 0 Å². The van der Waals surface area contributed by atoms with Gasteiger partial charge in [0.05, 0.1) is 18.2 Å². The lowest BCUT2D eigenvalue weighted by Crippen LogP contribution is -2.26. The van der Waals surface area contributed by atoms with Crippen molar-refractivity contribution in [2.75, 3.05) is 19.9 Å². The minimum atomic E-state index is -0.0772. The Labute approximate surface area is 161 Å². The normalized spacial score (nSPS) is 10.7. The zero-order chi connectivity index (χ0) is 18.4. The lowest BCUT2D eigenvalue weighted by molar-refractivity contribution is 0.0955. The van der Waals surface area contributed by atoms with Crippen molar-refractivity contribution < 1.29 is 9.53 Å². The van der Waals surface area contributed by atoms with Gasteiger partial charge in [0.25, 0.3) is 5.91 Å². The molecule has 2 aromatic carbocycles. The molecule has 1 heterocycles. The van der Waals surface area contributed by atoms with Gasteiger partial charge < -0.3 is 10.1 Å². The third kappa shape index (κ3) is 4.31. The number of benzene rings is 2. The van der Waals surface area contributed by atoms with Crippen molar-refractivity contribution in [3.8, 4) is 5.75 Å². The number of nitrogens with one attached hydrogen (secondary N) is 1. The van der Waals surface area contributed by atoms with Crippen LogP contribution in [0.5, 0.6) is 5.75 Å². The number of rotatable bonds is 7. The number of pyridine rings is 1. The standard InChI is InChI=1S/C20H20N2O2S2/c1-24-15-6-3-5-14(13-15)9-11-22-20(23)17-10-12-21-19-16(17)7-4-8-18(19)26-25-2/h3-8,10,12-13H,9,11H2,1-2H3,(H,22,23). The van der Waals surface area contributed by atoms with Crippen LogP contribution in [0.15, 0.2) is 59.6 Å². The van der Waals surface area contributed by atoms with Crippen molar-refractivity contribution >= 4 is 38.4 Å². The molecule has 0 aliphatic rings. The number of fused-ring (bicyclic) bond motifs is 1. The van der Waals surface area contributed by atoms with Crippen LogP contribution in [0.4, 0.5) is 0 Å². The minimum Gasteiger partial charge on any atom is -0.497 e. The second kappa shape index (κ2) is 8.96. The summed E-state index contributed by atoms with van der Waals surface area (Å²) >= 11 is 0. The van der Waals surface area contributed by atoms with E-state index >= 15 is 0 Å². The van der Waals surface area contributed by atoms with E-state index in [-0.39, 0.29) is 5.91 Å². The highest BCUT2D eigenvalue weighted by atomic mass is 33.1. The molecule has 6 heteroatoms. The van der Waals surface area contributed by atoms with E-state index in [1.807, 2.05) is 48.7 Å². The van der Waals surface area contributed by atoms with Crippen LogP contribution in [0.25, 0.3) is 10.9 Å². The van der Waals surface area contributed by atoms with Crippen molar-refractivity contribution in [2.24, 2.45) is 0 Å². The number of hydrogen-bond donors (Lipinski definition) is 1. The number of carbonyl (C=O) groups is 1. The molecule has 0 aliphatic carbocycles. The zero-order valence-electron chi connectivity index (χ0n) is 14.7. The van der Waals surface area contributed by atoms with E-state index in [0.717, 1.165) is 33.5 Å². The van der Waals surface area contributed by atoms with Crippen LogP contribution in [0, 0.1) is 0 Å². The van der Waals surface area contributed by atoms with Crippen molar-refractivity contribution in [1.82, 2.24) is 10.3 Å². The molecule has 1 amide bonds. The summed E-state index contributed by atoms with van der Waals surface area (Å²) in [6, 6.07) is 15.6. The molecule has 0 fully saturated rings. The summed E-state index contributed by atoms with van der Waals surface area (Å²) in [6.45, 7) is 0.565. The number of carbonyl (C=O) groups excluding carboxylic acids is 1. The number of ether oxygens (including phenoxy) is 1. The van der Waals surface area contributed by atoms with Gasteiger partial charge in [-0.15, -0.1) is 0 Å². The van der Waals surface area contributed by atoms with Crippen LogP contribution in [0.2, 0.25) is 0 Å². The predicted octanol–water partition coefficient (Wildman–Crippen LogP) is 4.59. The Morgan fingerprint density at radius 1 is 1.19 bits per heavy atom. The van der Waals surface area contributed by atoms with Crippen LogP contribution in [-0.2, 0) is 6.42 Å². The molecule has 0 bridgehead atoms. The summed E-state index contributed by atoms with van der Waals surface area (Å²) < 4.78 is 5.23. The van der Waals surface area contributed by atoms with Gasteiger partial charge in [0, 0.05) is 23.0 Å². The fourth-order valence-electron chi connectivity index (χ4n) is 2.75. The first-order chi connectivity index (χ1) is 12.7. The third-order valence-corrected chi connectivity index (χ3v) is 5.70. The van der Waals surface area contributed by atoms with Gasteiger partial charge in [0.2, 0.25) is 0 Å². The number of nitrogens with zero attached hydrogens (tertiary/aromatic N) is 1. The van der Waals surface area contributed by atoms with E-state index in [1.54, 1.807) is 41.0 Å². The largest absolute Gasteiger partial charge is 0.497 e. The molecule has 1 aromatic heterocycles. The monoisotopic (exact) mass is 384 g/mol. The maximum absolute atomic E-state index is 12.7. The molecular weight excluding hydrogens is 364 g/mol. The molecule has 0 radical (unpaired) electrons. The number of methoxy groups -OCH3 is 1. The molecule has 134 valence electrons. The quantitative estimate of drug-likeness (QED) is 0.604. The minimum absolute atomic E-state index is 0.0772. The van der Waals surface area contributed by atoms with Crippen molar-refractivity contribution in [2.45, 2.75) is 11.3 Å². The first kappa shape index (κ1) is 18.6. The highest BCUT2D eigenvalue weighted by molar-refractivity contribution is 8.76. The molecule has 0 saturated carbocycles. The van der Waals surface area contributed by atoms with Gasteiger partial charge >= 0.3 is 0 Å². The highest BCUT2D eigenvalue weighted by Crippen LogP contribution is 2.34. The van der Waals surface area contributed by atoms with Gasteiger partial charge in [-0.2, -0.15) is 0 Å². The SMILES string of the molecule is COc1cccc(CCNC(=O)c2ccnc3c(SSC)cccc23)c1. The highest BCUT2D eigenvalue weighted by Gasteiger charge is 2.12. The molecule has 0 saturated heterocycles. The molecule has 26 heavy (non-hydrogen) atoms. The molecule has 3 aromatic rings. The summed E-state index contributed by atoms with van der Waals surface area (Å²) in [5.74, 6) is 0.749. The van der Waals surface area contributed by atoms with Crippen molar-refractivity contribution in [1.29, 1.82) is 0 Å². The van der Waals surface area contributed by atoms with Crippen LogP contribution >= 0.6 is 21.6 Å². The van der Waals surface area contributed by atoms with Gasteiger partial charge in [0.1, 0.15) is 5.75 Å². The van der Waals surface area contributed by atoms with Gasteiger partial charge in [0.15, 0.2) is 0 Å². The van der Waals surface area contributed by atoms with E-state index < -0.39 is 0 Å². The second-order valence-electron chi connectivity index (χ2n) is 5.62. The summed E-state index contributed by atoms with van der Waals surface area (Å²) in [5, 5.41) is 3.89. The average Bonchev–Trinajstić information content (AvgIpc) is 2.68. The van der Waals surface area contributed by atoms with Gasteiger partial charge in [-0.1, -0.05) is 45.9 Å². The van der Waals surface area contributed by atoms with Crippen LogP contribution in [0.1, 0.15) is 15.9 Å². The lowest BCUT2D eigenvalue weighted by Gasteiger charge is -2.10. The van der Waals surface area contributed by atoms with E-state index in [4.69, 9.17) is 4.74 Å². The number of hydrogen-bond acceptors (Lipinski definition) is 5. The van der Waals surface area contributed by atoms with E-state index in [1.165, 1.54) is 0 Å². The van der Waals surface area contributed by atoms with Gasteiger partial charge in [-0.3, -0.25) is 9.78 Å². The Bertz CT molecular complexity index is 915. The topological polar surface area (TPSA) is 51.2 Å².